The molecule has 0 heterocycles. The number of methoxy groups -OCH3 is 1. The number of anilines is 1. The highest BCUT2D eigenvalue weighted by atomic mass is 16.5. The minimum atomic E-state index is -0.609. The number of likely N-dealkylation sites (N-methyl/N-ethyl adjacent to an activating group) is 1. The molecule has 23 heavy (non-hydrogen) atoms. The molecule has 1 atom stereocenters. The number of hydrogen-bond donors (Lipinski definition) is 2. The number of hydrogen-bond acceptors (Lipinski definition) is 5. The third-order valence-corrected chi connectivity index (χ3v) is 3.26. The van der Waals surface area contributed by atoms with Gasteiger partial charge < -0.3 is 19.9 Å². The molecule has 0 spiro atoms. The smallest absolute Gasteiger partial charge is 0.238 e. The van der Waals surface area contributed by atoms with Gasteiger partial charge in [0.2, 0.25) is 5.91 Å². The summed E-state index contributed by atoms with van der Waals surface area (Å²) in [7, 11) is 1.58. The molecule has 6 nitrogen and oxygen atoms in total. The topological polar surface area (TPSA) is 71.0 Å². The second-order valence-electron chi connectivity index (χ2n) is 5.64. The summed E-state index contributed by atoms with van der Waals surface area (Å²) in [4.78, 5) is 14.0. The number of nitrogens with zero attached hydrogens (tertiary/aromatic N) is 1. The average Bonchev–Trinajstić information content (AvgIpc) is 2.52. The van der Waals surface area contributed by atoms with Crippen LogP contribution in [0.1, 0.15) is 20.8 Å². The van der Waals surface area contributed by atoms with E-state index >= 15 is 0 Å². The normalized spacial score (nSPS) is 12.5. The van der Waals surface area contributed by atoms with Crippen molar-refractivity contribution in [2.45, 2.75) is 33.0 Å². The first kappa shape index (κ1) is 19.4. The van der Waals surface area contributed by atoms with Gasteiger partial charge in [-0.3, -0.25) is 9.69 Å². The summed E-state index contributed by atoms with van der Waals surface area (Å²) >= 11 is 0. The molecule has 0 aromatic heterocycles. The average molecular weight is 324 g/mol. The van der Waals surface area contributed by atoms with Crippen molar-refractivity contribution < 1.29 is 19.4 Å². The molecular formula is C17H28N2O4. The van der Waals surface area contributed by atoms with Crippen LogP contribution < -0.4 is 10.1 Å². The third kappa shape index (κ3) is 7.97. The van der Waals surface area contributed by atoms with Crippen LogP contribution in [0.5, 0.6) is 5.75 Å². The van der Waals surface area contributed by atoms with Crippen molar-refractivity contribution in [3.8, 4) is 5.75 Å². The Morgan fingerprint density at radius 2 is 2.13 bits per heavy atom. The molecule has 0 fully saturated rings. The van der Waals surface area contributed by atoms with Gasteiger partial charge in [-0.05, 0) is 32.5 Å². The van der Waals surface area contributed by atoms with Crippen LogP contribution in [0.4, 0.5) is 5.69 Å². The van der Waals surface area contributed by atoms with Crippen molar-refractivity contribution in [2.75, 3.05) is 38.7 Å². The summed E-state index contributed by atoms with van der Waals surface area (Å²) in [6, 6.07) is 7.21. The molecule has 0 saturated heterocycles. The first-order valence-corrected chi connectivity index (χ1v) is 7.90. The Hall–Kier alpha value is -1.63. The highest BCUT2D eigenvalue weighted by Gasteiger charge is 2.14. The Morgan fingerprint density at radius 3 is 2.74 bits per heavy atom. The van der Waals surface area contributed by atoms with Crippen LogP contribution in [0, 0.1) is 0 Å². The number of rotatable bonds is 10. The summed E-state index contributed by atoms with van der Waals surface area (Å²) < 4.78 is 10.5. The highest BCUT2D eigenvalue weighted by Crippen LogP contribution is 2.16. The van der Waals surface area contributed by atoms with Crippen molar-refractivity contribution in [2.24, 2.45) is 0 Å². The lowest BCUT2D eigenvalue weighted by atomic mass is 10.3. The van der Waals surface area contributed by atoms with E-state index in [1.165, 1.54) is 0 Å². The van der Waals surface area contributed by atoms with Gasteiger partial charge in [0.1, 0.15) is 5.75 Å². The molecule has 1 unspecified atom stereocenters. The van der Waals surface area contributed by atoms with E-state index in [1.807, 2.05) is 43.9 Å². The van der Waals surface area contributed by atoms with Gasteiger partial charge in [-0.2, -0.15) is 0 Å². The Morgan fingerprint density at radius 1 is 1.39 bits per heavy atom. The first-order chi connectivity index (χ1) is 10.9. The SMILES string of the molecule is CCN(CC(=O)Nc1cccc(OC)c1)CC(O)COC(C)C. The maximum Gasteiger partial charge on any atom is 0.238 e. The predicted molar refractivity (Wildman–Crippen MR) is 90.8 cm³/mol. The lowest BCUT2D eigenvalue weighted by Crippen LogP contribution is -2.40. The molecule has 0 saturated carbocycles. The maximum absolute atomic E-state index is 12.1. The zero-order valence-electron chi connectivity index (χ0n) is 14.4. The van der Waals surface area contributed by atoms with Gasteiger partial charge in [0.05, 0.1) is 32.5 Å². The van der Waals surface area contributed by atoms with Crippen LogP contribution in [-0.2, 0) is 9.53 Å². The lowest BCUT2D eigenvalue weighted by molar-refractivity contribution is -0.117. The van der Waals surface area contributed by atoms with Gasteiger partial charge in [0, 0.05) is 18.3 Å². The molecule has 130 valence electrons. The van der Waals surface area contributed by atoms with E-state index < -0.39 is 6.10 Å². The van der Waals surface area contributed by atoms with Gasteiger partial charge >= 0.3 is 0 Å². The second kappa shape index (κ2) is 10.2. The summed E-state index contributed by atoms with van der Waals surface area (Å²) in [5.41, 5.74) is 0.689. The molecule has 6 heteroatoms. The monoisotopic (exact) mass is 324 g/mol. The van der Waals surface area contributed by atoms with E-state index in [-0.39, 0.29) is 25.2 Å². The lowest BCUT2D eigenvalue weighted by Gasteiger charge is -2.23. The molecule has 1 rings (SSSR count). The standard InChI is InChI=1S/C17H28N2O4/c1-5-19(10-15(20)12-23-13(2)3)11-17(21)18-14-7-6-8-16(9-14)22-4/h6-9,13,15,20H,5,10-12H2,1-4H3,(H,18,21). The van der Waals surface area contributed by atoms with Crippen LogP contribution in [-0.4, -0.2) is 61.5 Å². The largest absolute Gasteiger partial charge is 0.497 e. The molecule has 2 N–H and O–H groups in total. The molecule has 1 amide bonds. The van der Waals surface area contributed by atoms with E-state index in [2.05, 4.69) is 5.32 Å². The number of benzene rings is 1. The van der Waals surface area contributed by atoms with Gasteiger partial charge in [0.25, 0.3) is 0 Å². The number of carbonyl (C=O) groups excluding carboxylic acids is 1. The predicted octanol–water partition coefficient (Wildman–Crippen LogP) is 1.74. The van der Waals surface area contributed by atoms with Crippen molar-refractivity contribution in [1.29, 1.82) is 0 Å². The van der Waals surface area contributed by atoms with Crippen LogP contribution in [0.25, 0.3) is 0 Å². The quantitative estimate of drug-likeness (QED) is 0.686. The van der Waals surface area contributed by atoms with E-state index in [9.17, 15) is 9.90 Å². The summed E-state index contributed by atoms with van der Waals surface area (Å²) in [6.07, 6.45) is -0.530. The van der Waals surface area contributed by atoms with E-state index in [1.54, 1.807) is 13.2 Å². The Kier molecular flexibility index (Phi) is 8.61. The van der Waals surface area contributed by atoms with Crippen LogP contribution in [0.2, 0.25) is 0 Å². The zero-order chi connectivity index (χ0) is 17.2. The molecule has 0 aliphatic carbocycles. The van der Waals surface area contributed by atoms with E-state index in [0.717, 1.165) is 0 Å². The van der Waals surface area contributed by atoms with Crippen molar-refractivity contribution in [1.82, 2.24) is 4.90 Å². The van der Waals surface area contributed by atoms with Gasteiger partial charge in [0.15, 0.2) is 0 Å². The minimum absolute atomic E-state index is 0.0797. The Bertz CT molecular complexity index is 479. The molecule has 0 radical (unpaired) electrons. The number of amides is 1. The zero-order valence-corrected chi connectivity index (χ0v) is 14.4. The van der Waals surface area contributed by atoms with Gasteiger partial charge in [-0.25, -0.2) is 0 Å². The second-order valence-corrected chi connectivity index (χ2v) is 5.64. The molecule has 0 bridgehead atoms. The number of aliphatic hydroxyl groups excluding tert-OH is 1. The van der Waals surface area contributed by atoms with Gasteiger partial charge in [-0.1, -0.05) is 13.0 Å². The summed E-state index contributed by atoms with van der Waals surface area (Å²) in [5, 5.41) is 12.8. The maximum atomic E-state index is 12.1. The number of ether oxygens (including phenoxy) is 2. The van der Waals surface area contributed by atoms with Crippen LogP contribution >= 0.6 is 0 Å². The molecule has 0 aliphatic heterocycles. The minimum Gasteiger partial charge on any atom is -0.497 e. The van der Waals surface area contributed by atoms with E-state index in [0.29, 0.717) is 24.5 Å². The molecule has 1 aromatic rings. The summed E-state index contributed by atoms with van der Waals surface area (Å²) in [5.74, 6) is 0.563. The van der Waals surface area contributed by atoms with Crippen LogP contribution in [0.15, 0.2) is 24.3 Å². The third-order valence-electron chi connectivity index (χ3n) is 3.26. The molecule has 0 aliphatic rings. The number of nitrogens with one attached hydrogen (secondary N) is 1. The first-order valence-electron chi connectivity index (χ1n) is 7.90. The van der Waals surface area contributed by atoms with Crippen molar-refractivity contribution in [3.63, 3.8) is 0 Å². The Labute approximate surface area is 138 Å². The van der Waals surface area contributed by atoms with Gasteiger partial charge in [-0.15, -0.1) is 0 Å². The fraction of sp³-hybridized carbons (Fsp3) is 0.588. The van der Waals surface area contributed by atoms with Crippen molar-refractivity contribution in [3.05, 3.63) is 24.3 Å². The van der Waals surface area contributed by atoms with Crippen molar-refractivity contribution >= 4 is 11.6 Å². The Balaban J connectivity index is 2.46. The number of aliphatic hydroxyl groups is 1. The molecular weight excluding hydrogens is 296 g/mol. The summed E-state index contributed by atoms with van der Waals surface area (Å²) in [6.45, 7) is 7.35. The highest BCUT2D eigenvalue weighted by molar-refractivity contribution is 5.92. The fourth-order valence-electron chi connectivity index (χ4n) is 2.06. The van der Waals surface area contributed by atoms with E-state index in [4.69, 9.17) is 9.47 Å². The number of carbonyl (C=O) groups is 1. The fourth-order valence-corrected chi connectivity index (χ4v) is 2.06. The van der Waals surface area contributed by atoms with Crippen LogP contribution in [0.3, 0.4) is 0 Å². The molecule has 1 aromatic carbocycles.